The van der Waals surface area contributed by atoms with E-state index in [9.17, 15) is 18.0 Å². The summed E-state index contributed by atoms with van der Waals surface area (Å²) in [5.74, 6) is -0.714. The van der Waals surface area contributed by atoms with Crippen LogP contribution in [0.5, 0.6) is 0 Å². The van der Waals surface area contributed by atoms with E-state index in [1.54, 1.807) is 12.1 Å². The lowest BCUT2D eigenvalue weighted by molar-refractivity contribution is -0.121. The summed E-state index contributed by atoms with van der Waals surface area (Å²) < 4.78 is 24.0. The molecule has 1 aromatic rings. The van der Waals surface area contributed by atoms with E-state index in [1.165, 1.54) is 12.1 Å². The fraction of sp³-hybridized carbons (Fsp3) is 0.182. The van der Waals surface area contributed by atoms with Crippen LogP contribution in [-0.2, 0) is 19.8 Å². The number of benzene rings is 1. The van der Waals surface area contributed by atoms with Crippen LogP contribution in [-0.4, -0.2) is 25.9 Å². The molecule has 0 aromatic heterocycles. The van der Waals surface area contributed by atoms with Crippen LogP contribution in [0.15, 0.2) is 29.4 Å². The third kappa shape index (κ3) is 4.54. The lowest BCUT2D eigenvalue weighted by Gasteiger charge is -2.12. The molecule has 0 bridgehead atoms. The van der Waals surface area contributed by atoms with Crippen molar-refractivity contribution in [2.75, 3.05) is 10.0 Å². The number of hydrogen-bond donors (Lipinski definition) is 4. The molecular formula is C11H13N5O4S. The number of nitrogens with one attached hydrogen (secondary N) is 3. The third-order valence-corrected chi connectivity index (χ3v) is 3.07. The Morgan fingerprint density at radius 1 is 1.29 bits per heavy atom. The van der Waals surface area contributed by atoms with Crippen molar-refractivity contribution >= 4 is 39.1 Å². The van der Waals surface area contributed by atoms with Crippen LogP contribution in [0.1, 0.15) is 12.8 Å². The van der Waals surface area contributed by atoms with Crippen LogP contribution in [0.3, 0.4) is 0 Å². The van der Waals surface area contributed by atoms with Crippen LogP contribution < -0.4 is 20.6 Å². The largest absolute Gasteiger partial charge is 0.321 e. The summed E-state index contributed by atoms with van der Waals surface area (Å²) in [4.78, 5) is 22.9. The fourth-order valence-electron chi connectivity index (χ4n) is 1.67. The van der Waals surface area contributed by atoms with Gasteiger partial charge in [-0.2, -0.15) is 13.5 Å². The van der Waals surface area contributed by atoms with Gasteiger partial charge in [0.2, 0.25) is 5.91 Å². The summed E-state index contributed by atoms with van der Waals surface area (Å²) in [5.41, 5.74) is 3.00. The maximum absolute atomic E-state index is 11.9. The minimum absolute atomic E-state index is 0.194. The van der Waals surface area contributed by atoms with Gasteiger partial charge in [0.25, 0.3) is 16.1 Å². The Kier molecular flexibility index (Phi) is 4.19. The van der Waals surface area contributed by atoms with Crippen LogP contribution in [0.4, 0.5) is 11.4 Å². The number of nitrogens with two attached hydrogens (primary N) is 1. The normalized spacial score (nSPS) is 14.9. The van der Waals surface area contributed by atoms with Gasteiger partial charge in [0.1, 0.15) is 5.71 Å². The van der Waals surface area contributed by atoms with Gasteiger partial charge in [-0.15, -0.1) is 0 Å². The molecule has 0 fully saturated rings. The minimum atomic E-state index is -3.88. The summed E-state index contributed by atoms with van der Waals surface area (Å²) >= 11 is 0. The number of carbonyl (C=O) groups excluding carboxylic acids is 2. The smallest absolute Gasteiger partial charge is 0.296 e. The van der Waals surface area contributed by atoms with Gasteiger partial charge in [0.05, 0.1) is 5.69 Å². The summed E-state index contributed by atoms with van der Waals surface area (Å²) in [6.45, 7) is 0. The summed E-state index contributed by atoms with van der Waals surface area (Å²) in [6.07, 6.45) is 0.437. The van der Waals surface area contributed by atoms with Crippen molar-refractivity contribution < 1.29 is 18.0 Å². The number of hydrogen-bond acceptors (Lipinski definition) is 5. The molecule has 0 unspecified atom stereocenters. The molecule has 1 aliphatic heterocycles. The summed E-state index contributed by atoms with van der Waals surface area (Å²) in [5, 5.41) is 11.1. The highest BCUT2D eigenvalue weighted by Crippen LogP contribution is 2.16. The van der Waals surface area contributed by atoms with Gasteiger partial charge >= 0.3 is 0 Å². The molecule has 0 saturated heterocycles. The Bertz CT molecular complexity index is 713. The molecule has 5 N–H and O–H groups in total. The van der Waals surface area contributed by atoms with E-state index < -0.39 is 16.1 Å². The van der Waals surface area contributed by atoms with E-state index in [0.29, 0.717) is 5.69 Å². The first-order chi connectivity index (χ1) is 9.83. The molecule has 0 radical (unpaired) electrons. The zero-order valence-electron chi connectivity index (χ0n) is 10.8. The van der Waals surface area contributed by atoms with Gasteiger partial charge in [0.15, 0.2) is 0 Å². The van der Waals surface area contributed by atoms with Crippen LogP contribution in [0, 0.1) is 0 Å². The van der Waals surface area contributed by atoms with Gasteiger partial charge in [-0.05, 0) is 18.2 Å². The van der Waals surface area contributed by atoms with Crippen LogP contribution >= 0.6 is 0 Å². The zero-order valence-corrected chi connectivity index (χ0v) is 11.6. The molecule has 0 atom stereocenters. The number of nitrogens with zero attached hydrogens (tertiary/aromatic N) is 1. The highest BCUT2D eigenvalue weighted by atomic mass is 32.2. The quantitative estimate of drug-likeness (QED) is 0.594. The van der Waals surface area contributed by atoms with Crippen LogP contribution in [0.25, 0.3) is 0 Å². The first-order valence-corrected chi connectivity index (χ1v) is 7.45. The van der Waals surface area contributed by atoms with Crippen molar-refractivity contribution in [2.45, 2.75) is 12.8 Å². The van der Waals surface area contributed by atoms with Crippen molar-refractivity contribution in [3.8, 4) is 0 Å². The highest BCUT2D eigenvalue weighted by molar-refractivity contribution is 7.90. The number of rotatable bonds is 4. The predicted octanol–water partition coefficient (Wildman–Crippen LogP) is -0.494. The predicted molar refractivity (Wildman–Crippen MR) is 76.6 cm³/mol. The van der Waals surface area contributed by atoms with E-state index in [-0.39, 0.29) is 30.1 Å². The molecule has 0 spiro atoms. The van der Waals surface area contributed by atoms with Gasteiger partial charge in [-0.3, -0.25) is 14.3 Å². The van der Waals surface area contributed by atoms with Crippen LogP contribution in [0.2, 0.25) is 0 Å². The van der Waals surface area contributed by atoms with E-state index in [4.69, 9.17) is 5.14 Å². The Labute approximate surface area is 120 Å². The maximum Gasteiger partial charge on any atom is 0.296 e. The second-order valence-corrected chi connectivity index (χ2v) is 5.57. The lowest BCUT2D eigenvalue weighted by Crippen LogP contribution is -2.32. The average Bonchev–Trinajstić information content (AvgIpc) is 2.37. The van der Waals surface area contributed by atoms with E-state index in [0.717, 1.165) is 0 Å². The first kappa shape index (κ1) is 14.9. The summed E-state index contributed by atoms with van der Waals surface area (Å²) in [6, 6.07) is 6.02. The topological polar surface area (TPSA) is 143 Å². The van der Waals surface area contributed by atoms with Crippen molar-refractivity contribution in [2.24, 2.45) is 10.2 Å². The molecule has 0 aliphatic carbocycles. The monoisotopic (exact) mass is 311 g/mol. The van der Waals surface area contributed by atoms with Crippen molar-refractivity contribution in [1.82, 2.24) is 5.43 Å². The second kappa shape index (κ2) is 5.89. The second-order valence-electron chi connectivity index (χ2n) is 4.28. The van der Waals surface area contributed by atoms with E-state index in [1.807, 2.05) is 0 Å². The first-order valence-electron chi connectivity index (χ1n) is 5.91. The number of carbonyl (C=O) groups is 2. The molecule has 2 amide bonds. The summed E-state index contributed by atoms with van der Waals surface area (Å²) in [7, 11) is -3.88. The number of anilines is 2. The SMILES string of the molecule is NS(=O)(=O)Nc1cccc(NC(=O)C2=NNC(=O)CC2)c1. The molecule has 0 saturated carbocycles. The molecular weight excluding hydrogens is 298 g/mol. The van der Waals surface area contributed by atoms with Gasteiger partial charge < -0.3 is 5.32 Å². The molecule has 21 heavy (non-hydrogen) atoms. The zero-order chi connectivity index (χ0) is 15.5. The number of hydrazone groups is 1. The molecule has 9 nitrogen and oxygen atoms in total. The fourth-order valence-corrected chi connectivity index (χ4v) is 2.12. The molecule has 1 aliphatic rings. The maximum atomic E-state index is 11.9. The molecule has 10 heteroatoms. The van der Waals surface area contributed by atoms with Crippen molar-refractivity contribution in [1.29, 1.82) is 0 Å². The highest BCUT2D eigenvalue weighted by Gasteiger charge is 2.18. The molecule has 2 rings (SSSR count). The lowest BCUT2D eigenvalue weighted by atomic mass is 10.1. The third-order valence-electron chi connectivity index (χ3n) is 2.55. The molecule has 112 valence electrons. The van der Waals surface area contributed by atoms with E-state index in [2.05, 4.69) is 20.6 Å². The van der Waals surface area contributed by atoms with E-state index >= 15 is 0 Å². The number of amides is 2. The standard InChI is InChI=1S/C11H13N5O4S/c12-21(19,20)16-8-3-1-2-7(6-8)13-11(18)9-4-5-10(17)15-14-9/h1-3,6,16H,4-5H2,(H,13,18)(H,15,17)(H2,12,19,20). The Hall–Kier alpha value is -2.46. The van der Waals surface area contributed by atoms with Gasteiger partial charge in [-0.25, -0.2) is 10.6 Å². The Morgan fingerprint density at radius 3 is 2.62 bits per heavy atom. The Balaban J connectivity index is 2.08. The average molecular weight is 311 g/mol. The van der Waals surface area contributed by atoms with Crippen molar-refractivity contribution in [3.05, 3.63) is 24.3 Å². The minimum Gasteiger partial charge on any atom is -0.321 e. The molecule has 1 aromatic carbocycles. The van der Waals surface area contributed by atoms with Gasteiger partial charge in [-0.1, -0.05) is 6.07 Å². The Morgan fingerprint density at radius 2 is 2.00 bits per heavy atom. The molecule has 1 heterocycles. The van der Waals surface area contributed by atoms with Crippen molar-refractivity contribution in [3.63, 3.8) is 0 Å². The van der Waals surface area contributed by atoms with Gasteiger partial charge in [0, 0.05) is 18.5 Å².